The van der Waals surface area contributed by atoms with E-state index in [4.69, 9.17) is 10.5 Å². The Hall–Kier alpha value is -0.610. The first-order valence-corrected chi connectivity index (χ1v) is 6.06. The number of hydrogen-bond acceptors (Lipinski definition) is 3. The molecule has 1 aliphatic rings. The van der Waals surface area contributed by atoms with Crippen LogP contribution in [0.5, 0.6) is 0 Å². The molecule has 1 rings (SSSR count). The molecule has 0 aromatic carbocycles. The van der Waals surface area contributed by atoms with Crippen LogP contribution in [-0.4, -0.2) is 43.2 Å². The summed E-state index contributed by atoms with van der Waals surface area (Å²) in [5, 5.41) is 0. The van der Waals surface area contributed by atoms with Crippen LogP contribution >= 0.6 is 0 Å². The molecule has 0 saturated carbocycles. The maximum atomic E-state index is 11.8. The van der Waals surface area contributed by atoms with Crippen molar-refractivity contribution in [2.75, 3.05) is 26.8 Å². The highest BCUT2D eigenvalue weighted by Gasteiger charge is 2.40. The van der Waals surface area contributed by atoms with Crippen molar-refractivity contribution in [3.63, 3.8) is 0 Å². The highest BCUT2D eigenvalue weighted by atomic mass is 16.5. The van der Waals surface area contributed by atoms with Gasteiger partial charge in [0.25, 0.3) is 0 Å². The van der Waals surface area contributed by atoms with E-state index in [0.29, 0.717) is 13.0 Å². The van der Waals surface area contributed by atoms with E-state index in [0.717, 1.165) is 25.9 Å². The Morgan fingerprint density at radius 1 is 1.56 bits per heavy atom. The topological polar surface area (TPSA) is 55.6 Å². The molecule has 1 aliphatic heterocycles. The molecule has 94 valence electrons. The molecule has 4 nitrogen and oxygen atoms in total. The van der Waals surface area contributed by atoms with Crippen LogP contribution < -0.4 is 5.73 Å². The third kappa shape index (κ3) is 3.46. The van der Waals surface area contributed by atoms with E-state index < -0.39 is 0 Å². The molecule has 1 fully saturated rings. The summed E-state index contributed by atoms with van der Waals surface area (Å²) >= 11 is 0. The van der Waals surface area contributed by atoms with Gasteiger partial charge in [-0.25, -0.2) is 0 Å². The van der Waals surface area contributed by atoms with E-state index >= 15 is 0 Å². The predicted octanol–water partition coefficient (Wildman–Crippen LogP) is 0.999. The number of carbonyl (C=O) groups is 1. The minimum atomic E-state index is -0.116. The van der Waals surface area contributed by atoms with Gasteiger partial charge >= 0.3 is 0 Å². The van der Waals surface area contributed by atoms with Crippen LogP contribution in [0.1, 0.15) is 33.1 Å². The van der Waals surface area contributed by atoms with Crippen LogP contribution in [0.4, 0.5) is 0 Å². The fourth-order valence-corrected chi connectivity index (χ4v) is 2.32. The number of amides is 1. The van der Waals surface area contributed by atoms with Gasteiger partial charge in [0.1, 0.15) is 0 Å². The lowest BCUT2D eigenvalue weighted by atomic mass is 9.86. The number of nitrogens with zero attached hydrogens (tertiary/aromatic N) is 1. The molecule has 0 bridgehead atoms. The second kappa shape index (κ2) is 5.64. The van der Waals surface area contributed by atoms with Gasteiger partial charge in [0.15, 0.2) is 0 Å². The molecule has 1 amide bonds. The van der Waals surface area contributed by atoms with Crippen molar-refractivity contribution in [1.82, 2.24) is 4.90 Å². The third-order valence-electron chi connectivity index (χ3n) is 3.09. The van der Waals surface area contributed by atoms with E-state index in [1.165, 1.54) is 0 Å². The first-order chi connectivity index (χ1) is 7.50. The third-order valence-corrected chi connectivity index (χ3v) is 3.09. The lowest BCUT2D eigenvalue weighted by molar-refractivity contribution is -0.140. The highest BCUT2D eigenvalue weighted by molar-refractivity contribution is 5.77. The highest BCUT2D eigenvalue weighted by Crippen LogP contribution is 2.24. The predicted molar refractivity (Wildman–Crippen MR) is 64.1 cm³/mol. The van der Waals surface area contributed by atoms with Gasteiger partial charge in [-0.15, -0.1) is 0 Å². The number of hydrogen-bond donors (Lipinski definition) is 1. The molecular formula is C12H24N2O2. The Bertz CT molecular complexity index is 237. The maximum Gasteiger partial charge on any atom is 0.223 e. The van der Waals surface area contributed by atoms with Gasteiger partial charge in [0.05, 0.1) is 5.54 Å². The fraction of sp³-hybridized carbons (Fsp3) is 0.917. The lowest BCUT2D eigenvalue weighted by Crippen LogP contribution is -2.68. The van der Waals surface area contributed by atoms with E-state index in [-0.39, 0.29) is 17.4 Å². The molecule has 1 unspecified atom stereocenters. The number of nitrogens with two attached hydrogens (primary N) is 1. The van der Waals surface area contributed by atoms with Crippen molar-refractivity contribution >= 4 is 5.91 Å². The van der Waals surface area contributed by atoms with Gasteiger partial charge in [0.2, 0.25) is 5.91 Å². The Morgan fingerprint density at radius 2 is 2.19 bits per heavy atom. The van der Waals surface area contributed by atoms with Gasteiger partial charge in [-0.3, -0.25) is 4.79 Å². The Labute approximate surface area is 98.1 Å². The zero-order valence-electron chi connectivity index (χ0n) is 10.7. The first kappa shape index (κ1) is 13.5. The molecule has 16 heavy (non-hydrogen) atoms. The van der Waals surface area contributed by atoms with Crippen LogP contribution in [0.2, 0.25) is 0 Å². The van der Waals surface area contributed by atoms with Gasteiger partial charge in [-0.05, 0) is 12.3 Å². The molecule has 0 aromatic heterocycles. The fourth-order valence-electron chi connectivity index (χ4n) is 2.32. The van der Waals surface area contributed by atoms with E-state index in [1.807, 2.05) is 11.8 Å². The van der Waals surface area contributed by atoms with Crippen LogP contribution in [0.3, 0.4) is 0 Å². The maximum absolute atomic E-state index is 11.8. The van der Waals surface area contributed by atoms with E-state index in [2.05, 4.69) is 6.92 Å². The summed E-state index contributed by atoms with van der Waals surface area (Å²) in [6, 6.07) is 0. The average Bonchev–Trinajstić information content (AvgIpc) is 2.14. The number of methoxy groups -OCH3 is 1. The van der Waals surface area contributed by atoms with Crippen molar-refractivity contribution in [1.29, 1.82) is 0 Å². The van der Waals surface area contributed by atoms with Crippen LogP contribution in [-0.2, 0) is 9.53 Å². The summed E-state index contributed by atoms with van der Waals surface area (Å²) in [6.45, 7) is 6.24. The molecule has 1 atom stereocenters. The minimum absolute atomic E-state index is 0.116. The SMILES string of the molecule is CCCC1(N)CN(C(=O)CC(C)COC)C1. The summed E-state index contributed by atoms with van der Waals surface area (Å²) < 4.78 is 5.02. The van der Waals surface area contributed by atoms with Gasteiger partial charge < -0.3 is 15.4 Å². The molecule has 1 heterocycles. The van der Waals surface area contributed by atoms with Crippen molar-refractivity contribution < 1.29 is 9.53 Å². The molecule has 0 spiro atoms. The van der Waals surface area contributed by atoms with Crippen molar-refractivity contribution in [3.05, 3.63) is 0 Å². The second-order valence-electron chi connectivity index (χ2n) is 5.13. The first-order valence-electron chi connectivity index (χ1n) is 6.06. The van der Waals surface area contributed by atoms with Crippen LogP contribution in [0, 0.1) is 5.92 Å². The summed E-state index contributed by atoms with van der Waals surface area (Å²) in [5.74, 6) is 0.498. The molecule has 0 radical (unpaired) electrons. The zero-order valence-corrected chi connectivity index (χ0v) is 10.7. The Kier molecular flexibility index (Phi) is 4.74. The van der Waals surface area contributed by atoms with Crippen LogP contribution in [0.15, 0.2) is 0 Å². The largest absolute Gasteiger partial charge is 0.384 e. The molecule has 0 aromatic rings. The van der Waals surface area contributed by atoms with Crippen molar-refractivity contribution in [2.24, 2.45) is 11.7 Å². The Balaban J connectivity index is 2.26. The van der Waals surface area contributed by atoms with Crippen molar-refractivity contribution in [3.8, 4) is 0 Å². The summed E-state index contributed by atoms with van der Waals surface area (Å²) in [4.78, 5) is 13.7. The normalized spacial score (nSPS) is 20.4. The van der Waals surface area contributed by atoms with Crippen molar-refractivity contribution in [2.45, 2.75) is 38.6 Å². The zero-order chi connectivity index (χ0) is 12.2. The van der Waals surface area contributed by atoms with E-state index in [1.54, 1.807) is 7.11 Å². The minimum Gasteiger partial charge on any atom is -0.384 e. The van der Waals surface area contributed by atoms with Crippen LogP contribution in [0.25, 0.3) is 0 Å². The molecule has 4 heteroatoms. The molecular weight excluding hydrogens is 204 g/mol. The number of carbonyl (C=O) groups excluding carboxylic acids is 1. The number of likely N-dealkylation sites (tertiary alicyclic amines) is 1. The molecule has 1 saturated heterocycles. The number of ether oxygens (including phenoxy) is 1. The Morgan fingerprint density at radius 3 is 2.69 bits per heavy atom. The summed E-state index contributed by atoms with van der Waals surface area (Å²) in [5.41, 5.74) is 6.00. The average molecular weight is 228 g/mol. The quantitative estimate of drug-likeness (QED) is 0.738. The summed E-state index contributed by atoms with van der Waals surface area (Å²) in [6.07, 6.45) is 2.65. The number of rotatable bonds is 6. The second-order valence-corrected chi connectivity index (χ2v) is 5.13. The van der Waals surface area contributed by atoms with Gasteiger partial charge in [-0.1, -0.05) is 20.3 Å². The van der Waals surface area contributed by atoms with Gasteiger partial charge in [-0.2, -0.15) is 0 Å². The molecule has 0 aliphatic carbocycles. The van der Waals surface area contributed by atoms with E-state index in [9.17, 15) is 4.79 Å². The summed E-state index contributed by atoms with van der Waals surface area (Å²) in [7, 11) is 1.66. The molecule has 2 N–H and O–H groups in total. The standard InChI is InChI=1S/C12H24N2O2/c1-4-5-12(13)8-14(9-12)11(15)6-10(2)7-16-3/h10H,4-9,13H2,1-3H3. The smallest absolute Gasteiger partial charge is 0.223 e. The lowest BCUT2D eigenvalue weighted by Gasteiger charge is -2.48. The van der Waals surface area contributed by atoms with Gasteiger partial charge in [0, 0.05) is 33.2 Å². The monoisotopic (exact) mass is 228 g/mol.